The summed E-state index contributed by atoms with van der Waals surface area (Å²) in [5, 5.41) is 0.799. The molecule has 1 spiro atoms. The van der Waals surface area contributed by atoms with Crippen LogP contribution >= 0.6 is 23.2 Å². The lowest BCUT2D eigenvalue weighted by Gasteiger charge is -2.44. The Bertz CT molecular complexity index is 692. The Kier molecular flexibility index (Phi) is 5.31. The maximum Gasteiger partial charge on any atom is 0.225 e. The highest BCUT2D eigenvalue weighted by Crippen LogP contribution is 2.44. The summed E-state index contributed by atoms with van der Waals surface area (Å²) in [5.74, 6) is 0.736. The summed E-state index contributed by atoms with van der Waals surface area (Å²) in [4.78, 5) is 27.1. The van der Waals surface area contributed by atoms with E-state index in [1.807, 2.05) is 18.7 Å². The predicted molar refractivity (Wildman–Crippen MR) is 98.7 cm³/mol. The standard InChI is InChI=1S/C19H23Cl2NO3/c1-3-12(4-2)18(24)22-7-5-19(6-8-22)11-16(23)14-9-13(20)10-15(21)17(14)25-19/h9-10,12H,3-8,11H2,1-2H3. The molecule has 2 aliphatic rings. The molecule has 0 unspecified atom stereocenters. The monoisotopic (exact) mass is 383 g/mol. The Morgan fingerprint density at radius 2 is 1.88 bits per heavy atom. The highest BCUT2D eigenvalue weighted by molar-refractivity contribution is 6.36. The number of amides is 1. The van der Waals surface area contributed by atoms with Gasteiger partial charge in [-0.3, -0.25) is 9.59 Å². The van der Waals surface area contributed by atoms with Crippen LogP contribution in [-0.4, -0.2) is 35.3 Å². The largest absolute Gasteiger partial charge is 0.484 e. The van der Waals surface area contributed by atoms with E-state index < -0.39 is 5.60 Å². The number of piperidine rings is 1. The van der Waals surface area contributed by atoms with Crippen molar-refractivity contribution < 1.29 is 14.3 Å². The van der Waals surface area contributed by atoms with E-state index in [4.69, 9.17) is 27.9 Å². The molecule has 136 valence electrons. The summed E-state index contributed by atoms with van der Waals surface area (Å²) in [6.07, 6.45) is 3.31. The van der Waals surface area contributed by atoms with Gasteiger partial charge in [0.1, 0.15) is 11.4 Å². The number of hydrogen-bond acceptors (Lipinski definition) is 3. The second-order valence-electron chi connectivity index (χ2n) is 6.99. The van der Waals surface area contributed by atoms with E-state index in [9.17, 15) is 9.59 Å². The second kappa shape index (κ2) is 7.16. The van der Waals surface area contributed by atoms with Gasteiger partial charge in [-0.15, -0.1) is 0 Å². The molecule has 0 radical (unpaired) electrons. The molecule has 0 saturated carbocycles. The van der Waals surface area contributed by atoms with Gasteiger partial charge in [-0.05, 0) is 25.0 Å². The summed E-state index contributed by atoms with van der Waals surface area (Å²) in [6.45, 7) is 5.32. The van der Waals surface area contributed by atoms with Gasteiger partial charge < -0.3 is 9.64 Å². The van der Waals surface area contributed by atoms with Crippen LogP contribution in [0.4, 0.5) is 0 Å². The Balaban J connectivity index is 1.76. The minimum absolute atomic E-state index is 0.00502. The number of nitrogens with zero attached hydrogens (tertiary/aromatic N) is 1. The molecule has 0 N–H and O–H groups in total. The van der Waals surface area contributed by atoms with Crippen molar-refractivity contribution in [1.29, 1.82) is 0 Å². The topological polar surface area (TPSA) is 46.6 Å². The zero-order chi connectivity index (χ0) is 18.2. The number of ketones is 1. The number of Topliss-reactive ketones (excluding diaryl/α,β-unsaturated/α-hetero) is 1. The number of carbonyl (C=O) groups excluding carboxylic acids is 2. The van der Waals surface area contributed by atoms with E-state index in [0.29, 0.717) is 53.7 Å². The minimum Gasteiger partial charge on any atom is -0.484 e. The number of rotatable bonds is 3. The van der Waals surface area contributed by atoms with Gasteiger partial charge >= 0.3 is 0 Å². The molecular weight excluding hydrogens is 361 g/mol. The molecule has 0 bridgehead atoms. The zero-order valence-corrected chi connectivity index (χ0v) is 16.1. The lowest BCUT2D eigenvalue weighted by atomic mass is 9.82. The molecule has 25 heavy (non-hydrogen) atoms. The summed E-state index contributed by atoms with van der Waals surface area (Å²) in [6, 6.07) is 3.21. The van der Waals surface area contributed by atoms with Crippen LogP contribution in [0.2, 0.25) is 10.0 Å². The maximum atomic E-state index is 12.6. The van der Waals surface area contributed by atoms with Crippen molar-refractivity contribution in [2.24, 2.45) is 5.92 Å². The van der Waals surface area contributed by atoms with E-state index in [2.05, 4.69) is 0 Å². The first-order valence-corrected chi connectivity index (χ1v) is 9.64. The number of fused-ring (bicyclic) bond motifs is 1. The number of hydrogen-bond donors (Lipinski definition) is 0. The van der Waals surface area contributed by atoms with Crippen LogP contribution in [-0.2, 0) is 4.79 Å². The summed E-state index contributed by atoms with van der Waals surface area (Å²) in [5.41, 5.74) is -0.106. The number of likely N-dealkylation sites (tertiary alicyclic amines) is 1. The van der Waals surface area contributed by atoms with Crippen LogP contribution in [0.15, 0.2) is 12.1 Å². The first-order valence-electron chi connectivity index (χ1n) is 8.89. The van der Waals surface area contributed by atoms with E-state index in [-0.39, 0.29) is 17.6 Å². The van der Waals surface area contributed by atoms with Crippen LogP contribution in [0.5, 0.6) is 5.75 Å². The molecule has 1 amide bonds. The van der Waals surface area contributed by atoms with E-state index in [1.165, 1.54) is 0 Å². The lowest BCUT2D eigenvalue weighted by Crippen LogP contribution is -2.53. The van der Waals surface area contributed by atoms with Crippen LogP contribution < -0.4 is 4.74 Å². The first-order chi connectivity index (χ1) is 11.9. The number of ether oxygens (including phenoxy) is 1. The van der Waals surface area contributed by atoms with Gasteiger partial charge in [0.25, 0.3) is 0 Å². The highest BCUT2D eigenvalue weighted by Gasteiger charge is 2.44. The van der Waals surface area contributed by atoms with Crippen molar-refractivity contribution in [2.75, 3.05) is 13.1 Å². The summed E-state index contributed by atoms with van der Waals surface area (Å²) in [7, 11) is 0. The first kappa shape index (κ1) is 18.5. The van der Waals surface area contributed by atoms with E-state index >= 15 is 0 Å². The fourth-order valence-electron chi connectivity index (χ4n) is 3.82. The predicted octanol–water partition coefficient (Wildman–Crippen LogP) is 4.76. The summed E-state index contributed by atoms with van der Waals surface area (Å²) >= 11 is 12.2. The SMILES string of the molecule is CCC(CC)C(=O)N1CCC2(CC1)CC(=O)c1cc(Cl)cc(Cl)c1O2. The molecule has 6 heteroatoms. The van der Waals surface area contributed by atoms with Gasteiger partial charge in [0.15, 0.2) is 5.78 Å². The van der Waals surface area contributed by atoms with Crippen molar-refractivity contribution in [3.8, 4) is 5.75 Å². The van der Waals surface area contributed by atoms with Crippen LogP contribution in [0, 0.1) is 5.92 Å². The van der Waals surface area contributed by atoms with Crippen LogP contribution in [0.3, 0.4) is 0 Å². The van der Waals surface area contributed by atoms with Gasteiger partial charge in [0.2, 0.25) is 5.91 Å². The molecule has 0 atom stereocenters. The van der Waals surface area contributed by atoms with E-state index in [1.54, 1.807) is 12.1 Å². The molecule has 3 rings (SSSR count). The third-order valence-electron chi connectivity index (χ3n) is 5.43. The van der Waals surface area contributed by atoms with Crippen molar-refractivity contribution in [2.45, 2.75) is 51.6 Å². The highest BCUT2D eigenvalue weighted by atomic mass is 35.5. The van der Waals surface area contributed by atoms with Gasteiger partial charge in [0.05, 0.1) is 17.0 Å². The Labute approximate surface area is 158 Å². The third-order valence-corrected chi connectivity index (χ3v) is 5.93. The van der Waals surface area contributed by atoms with Crippen molar-refractivity contribution in [3.05, 3.63) is 27.7 Å². The molecule has 1 aromatic carbocycles. The third kappa shape index (κ3) is 3.52. The zero-order valence-electron chi connectivity index (χ0n) is 14.6. The van der Waals surface area contributed by atoms with Crippen molar-refractivity contribution >= 4 is 34.9 Å². The summed E-state index contributed by atoms with van der Waals surface area (Å²) < 4.78 is 6.21. The minimum atomic E-state index is -0.563. The maximum absolute atomic E-state index is 12.6. The number of benzene rings is 1. The fourth-order valence-corrected chi connectivity index (χ4v) is 4.35. The molecule has 1 fully saturated rings. The average Bonchev–Trinajstić information content (AvgIpc) is 2.58. The molecule has 0 aromatic heterocycles. The number of halogens is 2. The lowest BCUT2D eigenvalue weighted by molar-refractivity contribution is -0.139. The van der Waals surface area contributed by atoms with Gasteiger partial charge in [-0.25, -0.2) is 0 Å². The molecular formula is C19H23Cl2NO3. The second-order valence-corrected chi connectivity index (χ2v) is 7.83. The number of carbonyl (C=O) groups is 2. The smallest absolute Gasteiger partial charge is 0.225 e. The average molecular weight is 384 g/mol. The molecule has 1 saturated heterocycles. The Morgan fingerprint density at radius 1 is 1.24 bits per heavy atom. The van der Waals surface area contributed by atoms with Crippen LogP contribution in [0.1, 0.15) is 56.3 Å². The van der Waals surface area contributed by atoms with Crippen LogP contribution in [0.25, 0.3) is 0 Å². The Morgan fingerprint density at radius 3 is 2.48 bits per heavy atom. The van der Waals surface area contributed by atoms with Crippen molar-refractivity contribution in [3.63, 3.8) is 0 Å². The van der Waals surface area contributed by atoms with Gasteiger partial charge in [0, 0.05) is 36.9 Å². The Hall–Kier alpha value is -1.26. The fraction of sp³-hybridized carbons (Fsp3) is 0.579. The van der Waals surface area contributed by atoms with Gasteiger partial charge in [-0.2, -0.15) is 0 Å². The van der Waals surface area contributed by atoms with E-state index in [0.717, 1.165) is 12.8 Å². The molecule has 2 heterocycles. The molecule has 0 aliphatic carbocycles. The molecule has 2 aliphatic heterocycles. The van der Waals surface area contributed by atoms with Crippen molar-refractivity contribution in [1.82, 2.24) is 4.90 Å². The molecule has 4 nitrogen and oxygen atoms in total. The normalized spacial score (nSPS) is 19.1. The molecule has 1 aromatic rings. The quantitative estimate of drug-likeness (QED) is 0.755. The van der Waals surface area contributed by atoms with Gasteiger partial charge in [-0.1, -0.05) is 37.0 Å².